The molecule has 0 aromatic rings. The largest absolute Gasteiger partial charge is 0.303 e. The Morgan fingerprint density at radius 1 is 1.61 bits per heavy atom. The SMILES string of the molecule is C=C/C(=C\C(=C)C)N1C(C)=CCN=C1[C@H](C)CC. The minimum absolute atomic E-state index is 0.446. The predicted molar refractivity (Wildman–Crippen MR) is 80.4 cm³/mol. The van der Waals surface area contributed by atoms with E-state index in [0.29, 0.717) is 5.92 Å². The van der Waals surface area contributed by atoms with Crippen molar-refractivity contribution in [1.82, 2.24) is 4.90 Å². The number of allylic oxidation sites excluding steroid dienone is 4. The summed E-state index contributed by atoms with van der Waals surface area (Å²) in [5.74, 6) is 1.58. The van der Waals surface area contributed by atoms with Crippen LogP contribution in [0.5, 0.6) is 0 Å². The van der Waals surface area contributed by atoms with Crippen LogP contribution in [-0.2, 0) is 0 Å². The van der Waals surface area contributed by atoms with E-state index in [1.54, 1.807) is 0 Å². The minimum Gasteiger partial charge on any atom is -0.303 e. The van der Waals surface area contributed by atoms with Crippen LogP contribution >= 0.6 is 0 Å². The molecule has 0 aromatic heterocycles. The van der Waals surface area contributed by atoms with Gasteiger partial charge in [0.15, 0.2) is 0 Å². The molecule has 0 saturated heterocycles. The summed E-state index contributed by atoms with van der Waals surface area (Å²) in [5.41, 5.74) is 3.29. The number of amidine groups is 1. The van der Waals surface area contributed by atoms with Crippen molar-refractivity contribution in [3.05, 3.63) is 48.4 Å². The molecule has 0 N–H and O–H groups in total. The summed E-state index contributed by atoms with van der Waals surface area (Å²) in [7, 11) is 0. The molecule has 1 aliphatic heterocycles. The highest BCUT2D eigenvalue weighted by molar-refractivity contribution is 5.88. The molecule has 98 valence electrons. The Kier molecular flexibility index (Phi) is 5.14. The van der Waals surface area contributed by atoms with Crippen molar-refractivity contribution < 1.29 is 0 Å². The Balaban J connectivity index is 3.17. The molecule has 1 rings (SSSR count). The van der Waals surface area contributed by atoms with Gasteiger partial charge in [0.05, 0.1) is 6.54 Å². The van der Waals surface area contributed by atoms with Crippen LogP contribution in [0.3, 0.4) is 0 Å². The number of nitrogens with zero attached hydrogens (tertiary/aromatic N) is 2. The fourth-order valence-electron chi connectivity index (χ4n) is 1.98. The molecular formula is C16H24N2. The molecule has 0 fully saturated rings. The zero-order valence-corrected chi connectivity index (χ0v) is 12.0. The summed E-state index contributed by atoms with van der Waals surface area (Å²) in [4.78, 5) is 6.85. The maximum atomic E-state index is 4.66. The van der Waals surface area contributed by atoms with Gasteiger partial charge >= 0.3 is 0 Å². The van der Waals surface area contributed by atoms with Gasteiger partial charge in [-0.25, -0.2) is 0 Å². The van der Waals surface area contributed by atoms with Gasteiger partial charge in [0.2, 0.25) is 0 Å². The van der Waals surface area contributed by atoms with E-state index in [1.807, 2.05) is 19.1 Å². The van der Waals surface area contributed by atoms with E-state index in [9.17, 15) is 0 Å². The highest BCUT2D eigenvalue weighted by Gasteiger charge is 2.22. The van der Waals surface area contributed by atoms with Crippen LogP contribution in [0, 0.1) is 5.92 Å². The number of hydrogen-bond donors (Lipinski definition) is 0. The topological polar surface area (TPSA) is 15.6 Å². The van der Waals surface area contributed by atoms with Crippen molar-refractivity contribution in [2.24, 2.45) is 10.9 Å². The Hall–Kier alpha value is -1.57. The average Bonchev–Trinajstić information content (AvgIpc) is 2.34. The fourth-order valence-corrected chi connectivity index (χ4v) is 1.98. The quantitative estimate of drug-likeness (QED) is 0.658. The lowest BCUT2D eigenvalue weighted by molar-refractivity contribution is 0.559. The molecule has 0 aliphatic carbocycles. The molecule has 0 spiro atoms. The van der Waals surface area contributed by atoms with E-state index < -0.39 is 0 Å². The molecule has 1 heterocycles. The van der Waals surface area contributed by atoms with Crippen molar-refractivity contribution in [2.75, 3.05) is 6.54 Å². The smallest absolute Gasteiger partial charge is 0.111 e. The Bertz CT molecular complexity index is 424. The molecule has 1 atom stereocenters. The van der Waals surface area contributed by atoms with Gasteiger partial charge in [-0.2, -0.15) is 0 Å². The second-order valence-corrected chi connectivity index (χ2v) is 4.81. The van der Waals surface area contributed by atoms with E-state index in [0.717, 1.165) is 30.1 Å². The first kappa shape index (κ1) is 14.5. The number of hydrogen-bond acceptors (Lipinski definition) is 2. The van der Waals surface area contributed by atoms with E-state index in [4.69, 9.17) is 0 Å². The van der Waals surface area contributed by atoms with Gasteiger partial charge in [-0.3, -0.25) is 4.99 Å². The fraction of sp³-hybridized carbons (Fsp3) is 0.438. The van der Waals surface area contributed by atoms with Crippen LogP contribution in [-0.4, -0.2) is 17.3 Å². The van der Waals surface area contributed by atoms with E-state index >= 15 is 0 Å². The number of aliphatic imine (C=N–C) groups is 1. The highest BCUT2D eigenvalue weighted by atomic mass is 15.2. The molecule has 0 amide bonds. The molecule has 1 aliphatic rings. The molecule has 2 nitrogen and oxygen atoms in total. The first-order valence-electron chi connectivity index (χ1n) is 6.52. The van der Waals surface area contributed by atoms with Crippen LogP contribution in [0.4, 0.5) is 0 Å². The zero-order chi connectivity index (χ0) is 13.7. The van der Waals surface area contributed by atoms with Gasteiger partial charge < -0.3 is 4.90 Å². The van der Waals surface area contributed by atoms with Crippen molar-refractivity contribution in [3.8, 4) is 0 Å². The number of rotatable bonds is 5. The van der Waals surface area contributed by atoms with Crippen LogP contribution in [0.25, 0.3) is 0 Å². The highest BCUT2D eigenvalue weighted by Crippen LogP contribution is 2.24. The van der Waals surface area contributed by atoms with Gasteiger partial charge in [0, 0.05) is 17.3 Å². The molecule has 0 aromatic carbocycles. The Morgan fingerprint density at radius 3 is 2.78 bits per heavy atom. The Morgan fingerprint density at radius 2 is 2.28 bits per heavy atom. The zero-order valence-electron chi connectivity index (χ0n) is 12.0. The van der Waals surface area contributed by atoms with Crippen molar-refractivity contribution >= 4 is 5.84 Å². The maximum Gasteiger partial charge on any atom is 0.111 e. The molecule has 2 heteroatoms. The summed E-state index contributed by atoms with van der Waals surface area (Å²) in [6.45, 7) is 17.1. The lowest BCUT2D eigenvalue weighted by Crippen LogP contribution is -2.35. The Labute approximate surface area is 111 Å². The second-order valence-electron chi connectivity index (χ2n) is 4.81. The first-order chi connectivity index (χ1) is 8.51. The molecule has 0 radical (unpaired) electrons. The molecule has 0 saturated carbocycles. The second kappa shape index (κ2) is 6.39. The van der Waals surface area contributed by atoms with E-state index in [2.05, 4.69) is 49.9 Å². The predicted octanol–water partition coefficient (Wildman–Crippen LogP) is 4.30. The van der Waals surface area contributed by atoms with Gasteiger partial charge in [0.1, 0.15) is 5.84 Å². The lowest BCUT2D eigenvalue weighted by Gasteiger charge is -2.33. The summed E-state index contributed by atoms with van der Waals surface area (Å²) < 4.78 is 0. The first-order valence-corrected chi connectivity index (χ1v) is 6.52. The van der Waals surface area contributed by atoms with Gasteiger partial charge in [-0.15, -0.1) is 0 Å². The lowest BCUT2D eigenvalue weighted by atomic mass is 10.0. The van der Waals surface area contributed by atoms with Crippen molar-refractivity contribution in [2.45, 2.75) is 34.1 Å². The maximum absolute atomic E-state index is 4.66. The van der Waals surface area contributed by atoms with Gasteiger partial charge in [-0.05, 0) is 38.5 Å². The molecule has 0 unspecified atom stereocenters. The van der Waals surface area contributed by atoms with Gasteiger partial charge in [-0.1, -0.05) is 32.6 Å². The molecular weight excluding hydrogens is 220 g/mol. The average molecular weight is 244 g/mol. The molecule has 0 bridgehead atoms. The van der Waals surface area contributed by atoms with E-state index in [-0.39, 0.29) is 0 Å². The summed E-state index contributed by atoms with van der Waals surface area (Å²) in [6, 6.07) is 0. The summed E-state index contributed by atoms with van der Waals surface area (Å²) in [6.07, 6.45) is 7.14. The third-order valence-electron chi connectivity index (χ3n) is 3.14. The minimum atomic E-state index is 0.446. The summed E-state index contributed by atoms with van der Waals surface area (Å²) >= 11 is 0. The van der Waals surface area contributed by atoms with E-state index in [1.165, 1.54) is 5.70 Å². The van der Waals surface area contributed by atoms with Crippen molar-refractivity contribution in [3.63, 3.8) is 0 Å². The molecule has 18 heavy (non-hydrogen) atoms. The van der Waals surface area contributed by atoms with Crippen LogP contribution in [0.1, 0.15) is 34.1 Å². The monoisotopic (exact) mass is 244 g/mol. The third-order valence-corrected chi connectivity index (χ3v) is 3.14. The van der Waals surface area contributed by atoms with Crippen LogP contribution in [0.15, 0.2) is 53.3 Å². The summed E-state index contributed by atoms with van der Waals surface area (Å²) in [5, 5.41) is 0. The third kappa shape index (κ3) is 3.22. The normalized spacial score (nSPS) is 18.0. The van der Waals surface area contributed by atoms with Crippen LogP contribution in [0.2, 0.25) is 0 Å². The standard InChI is InChI=1S/C16H24N2/c1-7-13(5)16-17-10-9-14(6)18(16)15(8-2)11-12(3)4/h8-9,11,13H,2-3,7,10H2,1,4-6H3/b15-11+/t13-/m1/s1. The van der Waals surface area contributed by atoms with Crippen LogP contribution < -0.4 is 0 Å². The van der Waals surface area contributed by atoms with Gasteiger partial charge in [0.25, 0.3) is 0 Å². The van der Waals surface area contributed by atoms with Crippen molar-refractivity contribution in [1.29, 1.82) is 0 Å².